The van der Waals surface area contributed by atoms with Crippen LogP contribution >= 0.6 is 11.6 Å². The summed E-state index contributed by atoms with van der Waals surface area (Å²) < 4.78 is 13.3. The summed E-state index contributed by atoms with van der Waals surface area (Å²) in [6, 6.07) is 3.83. The summed E-state index contributed by atoms with van der Waals surface area (Å²) in [6.07, 6.45) is 0. The maximum absolute atomic E-state index is 13.3. The SMILES string of the molecule is CC1C(=O)NCC(=O)N1Cc1cccc(F)c1Cl. The normalized spacial score (nSPS) is 19.9. The van der Waals surface area contributed by atoms with E-state index in [-0.39, 0.29) is 29.9 Å². The molecule has 1 fully saturated rings. The lowest BCUT2D eigenvalue weighted by atomic mass is 10.1. The highest BCUT2D eigenvalue weighted by atomic mass is 35.5. The maximum atomic E-state index is 13.3. The van der Waals surface area contributed by atoms with Gasteiger partial charge in [0.25, 0.3) is 0 Å². The number of carbonyl (C=O) groups is 2. The number of nitrogens with zero attached hydrogens (tertiary/aromatic N) is 1. The highest BCUT2D eigenvalue weighted by Gasteiger charge is 2.31. The first-order chi connectivity index (χ1) is 8.50. The molecule has 96 valence electrons. The molecule has 1 aliphatic heterocycles. The van der Waals surface area contributed by atoms with Gasteiger partial charge in [0.15, 0.2) is 0 Å². The van der Waals surface area contributed by atoms with Crippen LogP contribution in [0.5, 0.6) is 0 Å². The largest absolute Gasteiger partial charge is 0.345 e. The van der Waals surface area contributed by atoms with E-state index < -0.39 is 11.9 Å². The summed E-state index contributed by atoms with van der Waals surface area (Å²) >= 11 is 5.83. The van der Waals surface area contributed by atoms with E-state index in [4.69, 9.17) is 11.6 Å². The van der Waals surface area contributed by atoms with Crippen molar-refractivity contribution >= 4 is 23.4 Å². The fourth-order valence-electron chi connectivity index (χ4n) is 1.85. The van der Waals surface area contributed by atoms with Crippen LogP contribution in [0.25, 0.3) is 0 Å². The van der Waals surface area contributed by atoms with Gasteiger partial charge >= 0.3 is 0 Å². The first-order valence-corrected chi connectivity index (χ1v) is 5.88. The minimum absolute atomic E-state index is 0.0107. The predicted molar refractivity (Wildman–Crippen MR) is 64.4 cm³/mol. The van der Waals surface area contributed by atoms with E-state index in [9.17, 15) is 14.0 Å². The van der Waals surface area contributed by atoms with E-state index in [0.717, 1.165) is 0 Å². The number of nitrogens with one attached hydrogen (secondary N) is 1. The van der Waals surface area contributed by atoms with Crippen molar-refractivity contribution in [2.24, 2.45) is 0 Å². The van der Waals surface area contributed by atoms with Gasteiger partial charge in [-0.05, 0) is 18.6 Å². The van der Waals surface area contributed by atoms with Crippen LogP contribution in [0, 0.1) is 5.82 Å². The van der Waals surface area contributed by atoms with Crippen molar-refractivity contribution in [3.8, 4) is 0 Å². The molecule has 0 aromatic heterocycles. The molecule has 1 aromatic carbocycles. The number of hydrogen-bond donors (Lipinski definition) is 1. The first-order valence-electron chi connectivity index (χ1n) is 5.50. The first kappa shape index (κ1) is 12.8. The molecule has 2 amide bonds. The Morgan fingerprint density at radius 3 is 2.94 bits per heavy atom. The highest BCUT2D eigenvalue weighted by molar-refractivity contribution is 6.31. The molecule has 0 radical (unpaired) electrons. The number of halogens is 2. The summed E-state index contributed by atoms with van der Waals surface area (Å²) in [4.78, 5) is 24.6. The molecule has 1 heterocycles. The van der Waals surface area contributed by atoms with Gasteiger partial charge < -0.3 is 10.2 Å². The van der Waals surface area contributed by atoms with Crippen molar-refractivity contribution in [1.29, 1.82) is 0 Å². The Morgan fingerprint density at radius 2 is 2.22 bits per heavy atom. The zero-order valence-corrected chi connectivity index (χ0v) is 10.5. The van der Waals surface area contributed by atoms with Gasteiger partial charge in [0.2, 0.25) is 11.8 Å². The topological polar surface area (TPSA) is 49.4 Å². The molecule has 18 heavy (non-hydrogen) atoms. The molecule has 0 bridgehead atoms. The molecule has 0 spiro atoms. The summed E-state index contributed by atoms with van der Waals surface area (Å²) in [6.45, 7) is 1.72. The lowest BCUT2D eigenvalue weighted by molar-refractivity contribution is -0.145. The van der Waals surface area contributed by atoms with E-state index in [0.29, 0.717) is 5.56 Å². The molecular weight excluding hydrogens is 259 g/mol. The van der Waals surface area contributed by atoms with Crippen LogP contribution in [-0.2, 0) is 16.1 Å². The zero-order valence-electron chi connectivity index (χ0n) is 9.74. The number of piperazine rings is 1. The van der Waals surface area contributed by atoms with Crippen LogP contribution in [0.3, 0.4) is 0 Å². The van der Waals surface area contributed by atoms with E-state index in [1.165, 1.54) is 17.0 Å². The predicted octanol–water partition coefficient (Wildman–Crippen LogP) is 1.33. The molecule has 1 atom stereocenters. The fraction of sp³-hybridized carbons (Fsp3) is 0.333. The molecule has 1 unspecified atom stereocenters. The third-order valence-corrected chi connectivity index (χ3v) is 3.38. The molecule has 1 aliphatic rings. The summed E-state index contributed by atoms with van der Waals surface area (Å²) in [5, 5.41) is 2.48. The van der Waals surface area contributed by atoms with Crippen molar-refractivity contribution in [3.63, 3.8) is 0 Å². The minimum Gasteiger partial charge on any atom is -0.345 e. The van der Waals surface area contributed by atoms with Gasteiger partial charge in [-0.1, -0.05) is 23.7 Å². The standard InChI is InChI=1S/C12H12ClFN2O2/c1-7-12(18)15-5-10(17)16(7)6-8-3-2-4-9(14)11(8)13/h2-4,7H,5-6H2,1H3,(H,15,18). The van der Waals surface area contributed by atoms with Crippen LogP contribution < -0.4 is 5.32 Å². The fourth-order valence-corrected chi connectivity index (χ4v) is 2.03. The Kier molecular flexibility index (Phi) is 3.52. The summed E-state index contributed by atoms with van der Waals surface area (Å²) in [5.74, 6) is -0.958. The monoisotopic (exact) mass is 270 g/mol. The Morgan fingerprint density at radius 1 is 1.50 bits per heavy atom. The number of hydrogen-bond acceptors (Lipinski definition) is 2. The third-order valence-electron chi connectivity index (χ3n) is 2.95. The Bertz CT molecular complexity index is 507. The van der Waals surface area contributed by atoms with Crippen LogP contribution in [0.2, 0.25) is 5.02 Å². The summed E-state index contributed by atoms with van der Waals surface area (Å²) in [5.41, 5.74) is 0.492. The summed E-state index contributed by atoms with van der Waals surface area (Å²) in [7, 11) is 0. The molecule has 1 saturated heterocycles. The van der Waals surface area contributed by atoms with Gasteiger partial charge in [0, 0.05) is 6.54 Å². The van der Waals surface area contributed by atoms with Crippen LogP contribution in [-0.4, -0.2) is 29.3 Å². The molecule has 0 saturated carbocycles. The van der Waals surface area contributed by atoms with Crippen molar-refractivity contribution in [3.05, 3.63) is 34.6 Å². The van der Waals surface area contributed by atoms with Crippen molar-refractivity contribution in [2.45, 2.75) is 19.5 Å². The Hall–Kier alpha value is -1.62. The molecule has 6 heteroatoms. The molecule has 4 nitrogen and oxygen atoms in total. The quantitative estimate of drug-likeness (QED) is 0.881. The van der Waals surface area contributed by atoms with Gasteiger partial charge in [0.1, 0.15) is 11.9 Å². The second-order valence-corrected chi connectivity index (χ2v) is 4.51. The second kappa shape index (κ2) is 4.94. The molecule has 2 rings (SSSR count). The van der Waals surface area contributed by atoms with Crippen LogP contribution in [0.1, 0.15) is 12.5 Å². The lowest BCUT2D eigenvalue weighted by Gasteiger charge is -2.32. The average molecular weight is 271 g/mol. The van der Waals surface area contributed by atoms with Gasteiger partial charge in [0.05, 0.1) is 11.6 Å². The zero-order chi connectivity index (χ0) is 13.3. The Labute approximate surface area is 109 Å². The smallest absolute Gasteiger partial charge is 0.242 e. The van der Waals surface area contributed by atoms with Gasteiger partial charge in [-0.2, -0.15) is 0 Å². The van der Waals surface area contributed by atoms with Crippen molar-refractivity contribution < 1.29 is 14.0 Å². The Balaban J connectivity index is 2.24. The van der Waals surface area contributed by atoms with Gasteiger partial charge in [-0.3, -0.25) is 9.59 Å². The maximum Gasteiger partial charge on any atom is 0.242 e. The molecular formula is C12H12ClFN2O2. The van der Waals surface area contributed by atoms with Gasteiger partial charge in [-0.25, -0.2) is 4.39 Å². The van der Waals surface area contributed by atoms with Crippen LogP contribution in [0.4, 0.5) is 4.39 Å². The number of rotatable bonds is 2. The van der Waals surface area contributed by atoms with E-state index in [2.05, 4.69) is 5.32 Å². The van der Waals surface area contributed by atoms with Crippen molar-refractivity contribution in [2.75, 3.05) is 6.54 Å². The highest BCUT2D eigenvalue weighted by Crippen LogP contribution is 2.22. The van der Waals surface area contributed by atoms with E-state index >= 15 is 0 Å². The van der Waals surface area contributed by atoms with Crippen molar-refractivity contribution in [1.82, 2.24) is 10.2 Å². The minimum atomic E-state index is -0.578. The van der Waals surface area contributed by atoms with E-state index in [1.807, 2.05) is 0 Å². The molecule has 1 N–H and O–H groups in total. The van der Waals surface area contributed by atoms with Crippen LogP contribution in [0.15, 0.2) is 18.2 Å². The lowest BCUT2D eigenvalue weighted by Crippen LogP contribution is -2.56. The number of benzene rings is 1. The van der Waals surface area contributed by atoms with Gasteiger partial charge in [-0.15, -0.1) is 0 Å². The molecule has 1 aromatic rings. The molecule has 0 aliphatic carbocycles. The number of amides is 2. The van der Waals surface area contributed by atoms with E-state index in [1.54, 1.807) is 13.0 Å². The second-order valence-electron chi connectivity index (χ2n) is 4.13. The average Bonchev–Trinajstić information content (AvgIpc) is 2.35. The number of carbonyl (C=O) groups excluding carboxylic acids is 2. The third kappa shape index (κ3) is 2.31.